The minimum Gasteiger partial charge on any atom is -0.478 e. The van der Waals surface area contributed by atoms with Crippen LogP contribution in [0, 0.1) is 5.82 Å². The second-order valence-electron chi connectivity index (χ2n) is 9.40. The van der Waals surface area contributed by atoms with Crippen LogP contribution in [0.1, 0.15) is 86.9 Å². The average Bonchev–Trinajstić information content (AvgIpc) is 3.38. The van der Waals surface area contributed by atoms with E-state index < -0.39 is 11.9 Å². The second kappa shape index (κ2) is 15.3. The number of nitrogens with zero attached hydrogens (tertiary/aromatic N) is 1. The third-order valence-electron chi connectivity index (χ3n) is 6.30. The Morgan fingerprint density at radius 3 is 2.50 bits per heavy atom. The summed E-state index contributed by atoms with van der Waals surface area (Å²) in [4.78, 5) is 28.5. The summed E-state index contributed by atoms with van der Waals surface area (Å²) in [5.74, 6) is -1.99. The summed E-state index contributed by atoms with van der Waals surface area (Å²) >= 11 is 13.7. The van der Waals surface area contributed by atoms with Crippen molar-refractivity contribution in [2.24, 2.45) is 0 Å². The van der Waals surface area contributed by atoms with Crippen molar-refractivity contribution in [2.75, 3.05) is 11.9 Å². The first-order valence-electron chi connectivity index (χ1n) is 13.2. The number of carbonyl (C=O) groups excluding carboxylic acids is 1. The molecule has 10 heteroatoms. The van der Waals surface area contributed by atoms with Crippen LogP contribution >= 0.6 is 34.5 Å². The molecule has 3 rings (SSSR count). The van der Waals surface area contributed by atoms with Crippen LogP contribution in [0.2, 0.25) is 10.0 Å². The highest BCUT2D eigenvalue weighted by Crippen LogP contribution is 2.34. The van der Waals surface area contributed by atoms with Crippen LogP contribution in [0.5, 0.6) is 0 Å². The monoisotopic (exact) mass is 606 g/mol. The molecule has 0 radical (unpaired) electrons. The number of thiazole rings is 1. The van der Waals surface area contributed by atoms with Gasteiger partial charge in [-0.25, -0.2) is 14.2 Å². The lowest BCUT2D eigenvalue weighted by atomic mass is 9.99. The molecule has 1 amide bonds. The number of benzene rings is 2. The van der Waals surface area contributed by atoms with Gasteiger partial charge in [-0.2, -0.15) is 0 Å². The van der Waals surface area contributed by atoms with Crippen LogP contribution in [-0.2, 0) is 9.53 Å². The van der Waals surface area contributed by atoms with Gasteiger partial charge < -0.3 is 9.84 Å². The molecule has 0 aliphatic carbocycles. The van der Waals surface area contributed by atoms with E-state index in [0.717, 1.165) is 38.5 Å². The number of aromatic nitrogens is 1. The van der Waals surface area contributed by atoms with Gasteiger partial charge in [-0.1, -0.05) is 74.9 Å². The van der Waals surface area contributed by atoms with E-state index in [9.17, 15) is 9.59 Å². The quantitative estimate of drug-likeness (QED) is 0.141. The molecule has 1 heterocycles. The minimum absolute atomic E-state index is 0.0485. The van der Waals surface area contributed by atoms with Gasteiger partial charge >= 0.3 is 5.97 Å². The molecule has 1 atom stereocenters. The second-order valence-corrected chi connectivity index (χ2v) is 11.1. The number of carbonyl (C=O) groups is 2. The predicted molar refractivity (Wildman–Crippen MR) is 161 cm³/mol. The zero-order valence-electron chi connectivity index (χ0n) is 22.7. The van der Waals surface area contributed by atoms with Gasteiger partial charge in [0.05, 0.1) is 21.8 Å². The van der Waals surface area contributed by atoms with Crippen LogP contribution in [0.4, 0.5) is 9.52 Å². The Hall–Kier alpha value is -2.78. The zero-order chi connectivity index (χ0) is 29.2. The maximum atomic E-state index is 15.7. The highest BCUT2D eigenvalue weighted by Gasteiger charge is 2.21. The number of nitrogens with one attached hydrogen (secondary N) is 1. The number of amides is 1. The van der Waals surface area contributed by atoms with Gasteiger partial charge in [0.1, 0.15) is 5.82 Å². The van der Waals surface area contributed by atoms with Crippen LogP contribution in [0.25, 0.3) is 17.3 Å². The van der Waals surface area contributed by atoms with E-state index >= 15 is 4.39 Å². The number of aliphatic carboxylic acids is 1. The van der Waals surface area contributed by atoms with Crippen LogP contribution in [0.15, 0.2) is 41.3 Å². The fraction of sp³-hybridized carbons (Fsp3) is 0.367. The maximum absolute atomic E-state index is 15.7. The van der Waals surface area contributed by atoms with Crippen molar-refractivity contribution in [2.45, 2.75) is 65.4 Å². The average molecular weight is 608 g/mol. The summed E-state index contributed by atoms with van der Waals surface area (Å²) in [6.07, 6.45) is 6.76. The van der Waals surface area contributed by atoms with Crippen LogP contribution < -0.4 is 5.32 Å². The number of hydrogen-bond donors (Lipinski definition) is 2. The third-order valence-corrected chi connectivity index (χ3v) is 7.69. The van der Waals surface area contributed by atoms with Crippen molar-refractivity contribution in [1.29, 1.82) is 0 Å². The minimum atomic E-state index is -1.11. The SMILES string of the molecule is CCCCCOC(CCCC)c1cccc(-c2csc(NC(=O)c3cc(Cl)c(C=C(C)C(=O)O)c(Cl)c3)n2)c1F. The van der Waals surface area contributed by atoms with E-state index in [1.165, 1.54) is 36.5 Å². The Balaban J connectivity index is 1.80. The van der Waals surface area contributed by atoms with E-state index in [4.69, 9.17) is 33.0 Å². The number of carboxylic acid groups (broad SMARTS) is 1. The Morgan fingerprint density at radius 1 is 1.15 bits per heavy atom. The number of anilines is 1. The molecule has 3 aromatic rings. The maximum Gasteiger partial charge on any atom is 0.331 e. The van der Waals surface area contributed by atoms with Crippen molar-refractivity contribution in [3.05, 3.63) is 73.8 Å². The fourth-order valence-corrected chi connectivity index (χ4v) is 5.35. The molecule has 0 fully saturated rings. The van der Waals surface area contributed by atoms with Crippen molar-refractivity contribution in [3.63, 3.8) is 0 Å². The van der Waals surface area contributed by atoms with Gasteiger partial charge in [0.2, 0.25) is 0 Å². The smallest absolute Gasteiger partial charge is 0.331 e. The van der Waals surface area contributed by atoms with E-state index in [-0.39, 0.29) is 38.2 Å². The summed E-state index contributed by atoms with van der Waals surface area (Å²) in [5, 5.41) is 14.0. The van der Waals surface area contributed by atoms with Gasteiger partial charge in [0.25, 0.3) is 5.91 Å². The lowest BCUT2D eigenvalue weighted by Crippen LogP contribution is -2.12. The van der Waals surface area contributed by atoms with Gasteiger partial charge in [-0.3, -0.25) is 10.1 Å². The topological polar surface area (TPSA) is 88.5 Å². The zero-order valence-corrected chi connectivity index (χ0v) is 25.1. The van der Waals surface area contributed by atoms with E-state index in [2.05, 4.69) is 24.1 Å². The molecular formula is C30H33Cl2FN2O4S. The molecule has 6 nitrogen and oxygen atoms in total. The number of rotatable bonds is 14. The molecule has 214 valence electrons. The molecule has 40 heavy (non-hydrogen) atoms. The highest BCUT2D eigenvalue weighted by atomic mass is 35.5. The molecule has 2 aromatic carbocycles. The molecule has 1 unspecified atom stereocenters. The molecule has 0 bridgehead atoms. The first-order valence-corrected chi connectivity index (χ1v) is 14.9. The van der Waals surface area contributed by atoms with Gasteiger partial charge in [-0.05, 0) is 44.0 Å². The van der Waals surface area contributed by atoms with E-state index in [0.29, 0.717) is 29.0 Å². The molecule has 2 N–H and O–H groups in total. The Kier molecular flexibility index (Phi) is 12.1. The molecule has 0 aliphatic heterocycles. The largest absolute Gasteiger partial charge is 0.478 e. The number of halogens is 3. The number of ether oxygens (including phenoxy) is 1. The van der Waals surface area contributed by atoms with E-state index in [1.54, 1.807) is 23.6 Å². The Labute approximate surface area is 248 Å². The summed E-state index contributed by atoms with van der Waals surface area (Å²) in [6.45, 7) is 6.23. The number of carboxylic acids is 1. The lowest BCUT2D eigenvalue weighted by Gasteiger charge is -2.20. The molecule has 1 aromatic heterocycles. The number of unbranched alkanes of at least 4 members (excludes halogenated alkanes) is 3. The van der Waals surface area contributed by atoms with Crippen molar-refractivity contribution < 1.29 is 23.8 Å². The summed E-state index contributed by atoms with van der Waals surface area (Å²) in [7, 11) is 0. The van der Waals surface area contributed by atoms with Gasteiger partial charge in [0, 0.05) is 39.8 Å². The molecule has 0 spiro atoms. The van der Waals surface area contributed by atoms with Crippen molar-refractivity contribution in [1.82, 2.24) is 4.98 Å². The highest BCUT2D eigenvalue weighted by molar-refractivity contribution is 7.14. The Morgan fingerprint density at radius 2 is 1.85 bits per heavy atom. The predicted octanol–water partition coefficient (Wildman–Crippen LogP) is 9.43. The third kappa shape index (κ3) is 8.36. The van der Waals surface area contributed by atoms with Gasteiger partial charge in [-0.15, -0.1) is 11.3 Å². The first kappa shape index (κ1) is 31.7. The summed E-state index contributed by atoms with van der Waals surface area (Å²) in [6, 6.07) is 8.03. The first-order chi connectivity index (χ1) is 19.2. The molecule has 0 saturated heterocycles. The molecule has 0 aliphatic rings. The Bertz CT molecular complexity index is 1350. The molecular weight excluding hydrogens is 574 g/mol. The standard InChI is InChI=1S/C30H33Cl2FN2O4S/c1-4-6-8-13-39-26(12-7-5-2)21-11-9-10-20(27(21)33)25-17-40-30(34-25)35-28(36)19-15-23(31)22(24(32)16-19)14-18(3)29(37)38/h9-11,14-17,26H,4-8,12-13H2,1-3H3,(H,37,38)(H,34,35,36). The van der Waals surface area contributed by atoms with Gasteiger partial charge in [0.15, 0.2) is 5.13 Å². The van der Waals surface area contributed by atoms with E-state index in [1.807, 2.05) is 0 Å². The van der Waals surface area contributed by atoms with Crippen LogP contribution in [-0.4, -0.2) is 28.6 Å². The molecule has 0 saturated carbocycles. The van der Waals surface area contributed by atoms with Crippen molar-refractivity contribution >= 4 is 57.6 Å². The van der Waals surface area contributed by atoms with Crippen LogP contribution in [0.3, 0.4) is 0 Å². The normalized spacial score (nSPS) is 12.4. The van der Waals surface area contributed by atoms with Crippen molar-refractivity contribution in [3.8, 4) is 11.3 Å². The summed E-state index contributed by atoms with van der Waals surface area (Å²) < 4.78 is 21.8. The lowest BCUT2D eigenvalue weighted by molar-refractivity contribution is -0.132. The number of hydrogen-bond acceptors (Lipinski definition) is 5. The summed E-state index contributed by atoms with van der Waals surface area (Å²) in [5.41, 5.74) is 1.77. The fourth-order valence-electron chi connectivity index (χ4n) is 4.05.